The van der Waals surface area contributed by atoms with Crippen molar-refractivity contribution >= 4 is 33.2 Å². The normalized spacial score (nSPS) is 12.9. The van der Waals surface area contributed by atoms with Crippen LogP contribution in [-0.2, 0) is 26.5 Å². The van der Waals surface area contributed by atoms with Crippen LogP contribution in [0.4, 0.5) is 11.4 Å². The molecular formula is C47H43N4OPt-3. The summed E-state index contributed by atoms with van der Waals surface area (Å²) >= 11 is 0. The van der Waals surface area contributed by atoms with E-state index in [-0.39, 0.29) is 26.5 Å². The van der Waals surface area contributed by atoms with Crippen LogP contribution >= 0.6 is 0 Å². The van der Waals surface area contributed by atoms with Crippen LogP contribution in [-0.4, -0.2) is 9.55 Å². The van der Waals surface area contributed by atoms with E-state index in [1.165, 1.54) is 50.2 Å². The van der Waals surface area contributed by atoms with Gasteiger partial charge in [0, 0.05) is 50.0 Å². The van der Waals surface area contributed by atoms with Crippen molar-refractivity contribution in [1.82, 2.24) is 9.55 Å². The number of nitrogens with zero attached hydrogens (tertiary/aromatic N) is 4. The van der Waals surface area contributed by atoms with E-state index in [9.17, 15) is 0 Å². The van der Waals surface area contributed by atoms with Crippen LogP contribution < -0.4 is 14.5 Å². The third-order valence-electron chi connectivity index (χ3n) is 10.7. The second-order valence-corrected chi connectivity index (χ2v) is 14.8. The van der Waals surface area contributed by atoms with Gasteiger partial charge in [0.25, 0.3) is 0 Å². The van der Waals surface area contributed by atoms with Gasteiger partial charge in [0.05, 0.1) is 0 Å². The second kappa shape index (κ2) is 14.0. The number of hydrogen-bond donors (Lipinski definition) is 0. The maximum atomic E-state index is 6.54. The Bertz CT molecular complexity index is 2500. The molecule has 5 nitrogen and oxygen atoms in total. The Morgan fingerprint density at radius 3 is 2.09 bits per heavy atom. The molecule has 0 spiro atoms. The third-order valence-corrected chi connectivity index (χ3v) is 10.7. The van der Waals surface area contributed by atoms with Crippen molar-refractivity contribution in [2.45, 2.75) is 60.8 Å². The average molecular weight is 875 g/mol. The van der Waals surface area contributed by atoms with E-state index in [1.54, 1.807) is 0 Å². The van der Waals surface area contributed by atoms with Crippen LogP contribution in [0.1, 0.15) is 54.2 Å². The number of anilines is 2. The van der Waals surface area contributed by atoms with Gasteiger partial charge in [-0.2, -0.15) is 12.1 Å². The van der Waals surface area contributed by atoms with Gasteiger partial charge >= 0.3 is 0 Å². The van der Waals surface area contributed by atoms with Gasteiger partial charge in [-0.3, -0.25) is 0 Å². The van der Waals surface area contributed by atoms with E-state index in [0.29, 0.717) is 11.5 Å². The zero-order valence-corrected chi connectivity index (χ0v) is 33.8. The molecular weight excluding hydrogens is 832 g/mol. The smallest absolute Gasteiger partial charge is 0.135 e. The molecule has 1 aliphatic rings. The SMILES string of the molecule is Cc1c(C)c(C)c(N2C=CN(c3[c-]c(Oc4[c-]c5c(cc4)c4c(-c6ccccc6)cccc4n5-c4cc(C(C)(C)C)ccn4)ccc3)[CH-]2)c(C)c1C.[Pt]. The number of rotatable bonds is 6. The maximum absolute atomic E-state index is 6.54. The van der Waals surface area contributed by atoms with E-state index in [0.717, 1.165) is 33.3 Å². The minimum Gasteiger partial charge on any atom is -0.509 e. The minimum absolute atomic E-state index is 0. The summed E-state index contributed by atoms with van der Waals surface area (Å²) in [4.78, 5) is 9.19. The number of hydrogen-bond acceptors (Lipinski definition) is 4. The number of aromatic nitrogens is 2. The number of pyridine rings is 1. The largest absolute Gasteiger partial charge is 0.509 e. The number of ether oxygens (including phenoxy) is 1. The molecule has 53 heavy (non-hydrogen) atoms. The summed E-state index contributed by atoms with van der Waals surface area (Å²) in [6.45, 7) is 19.9. The summed E-state index contributed by atoms with van der Waals surface area (Å²) in [5.41, 5.74) is 14.2. The predicted molar refractivity (Wildman–Crippen MR) is 215 cm³/mol. The van der Waals surface area contributed by atoms with Crippen LogP contribution in [0.25, 0.3) is 38.8 Å². The zero-order chi connectivity index (χ0) is 36.3. The molecule has 5 aromatic carbocycles. The van der Waals surface area contributed by atoms with E-state index < -0.39 is 0 Å². The molecule has 2 aromatic heterocycles. The van der Waals surface area contributed by atoms with Gasteiger partial charge in [-0.05, 0) is 121 Å². The average Bonchev–Trinajstić information content (AvgIpc) is 3.76. The second-order valence-electron chi connectivity index (χ2n) is 14.8. The quantitative estimate of drug-likeness (QED) is 0.156. The van der Waals surface area contributed by atoms with Gasteiger partial charge in [-0.25, -0.2) is 4.98 Å². The van der Waals surface area contributed by atoms with Crippen LogP contribution in [0, 0.1) is 53.4 Å². The van der Waals surface area contributed by atoms with Crippen LogP contribution in [0.5, 0.6) is 11.5 Å². The first-order chi connectivity index (χ1) is 25.0. The van der Waals surface area contributed by atoms with Gasteiger partial charge in [0.1, 0.15) is 5.82 Å². The standard InChI is InChI=1S/C47H43N4O.Pt/c1-30-31(2)33(4)46(34(5)32(30)3)50-25-24-49(29-50)37-16-12-17-38(27-37)52-39-20-21-41-43(28-39)51(44-26-36(22-23-48-44)47(6,7)8)42-19-13-18-40(45(41)42)35-14-10-9-11-15-35;/h9-26,29H,1-8H3;/q-3;. The fraction of sp³-hybridized carbons (Fsp3) is 0.191. The van der Waals surface area contributed by atoms with Crippen molar-refractivity contribution in [3.05, 3.63) is 162 Å². The Morgan fingerprint density at radius 1 is 0.679 bits per heavy atom. The first-order valence-corrected chi connectivity index (χ1v) is 17.9. The Kier molecular flexibility index (Phi) is 9.59. The predicted octanol–water partition coefficient (Wildman–Crippen LogP) is 12.0. The topological polar surface area (TPSA) is 33.5 Å². The van der Waals surface area contributed by atoms with Crippen molar-refractivity contribution in [1.29, 1.82) is 0 Å². The van der Waals surface area contributed by atoms with Crippen molar-refractivity contribution in [3.8, 4) is 28.4 Å². The first-order valence-electron chi connectivity index (χ1n) is 17.9. The van der Waals surface area contributed by atoms with Gasteiger partial charge in [0.2, 0.25) is 0 Å². The molecule has 7 aromatic rings. The van der Waals surface area contributed by atoms with Crippen LogP contribution in [0.3, 0.4) is 0 Å². The maximum Gasteiger partial charge on any atom is 0.135 e. The molecule has 0 N–H and O–H groups in total. The zero-order valence-electron chi connectivity index (χ0n) is 31.5. The summed E-state index contributed by atoms with van der Waals surface area (Å²) in [5.74, 6) is 2.07. The Morgan fingerprint density at radius 2 is 1.36 bits per heavy atom. The number of benzene rings is 5. The first kappa shape index (κ1) is 36.2. The fourth-order valence-corrected chi connectivity index (χ4v) is 7.40. The molecule has 0 atom stereocenters. The molecule has 0 aliphatic carbocycles. The van der Waals surface area contributed by atoms with E-state index in [2.05, 4.69) is 168 Å². The van der Waals surface area contributed by atoms with Gasteiger partial charge < -0.3 is 19.1 Å². The molecule has 3 heterocycles. The molecule has 0 amide bonds. The minimum atomic E-state index is -0.0286. The van der Waals surface area contributed by atoms with Crippen molar-refractivity contribution < 1.29 is 25.8 Å². The third kappa shape index (κ3) is 6.46. The monoisotopic (exact) mass is 874 g/mol. The summed E-state index contributed by atoms with van der Waals surface area (Å²) in [6.07, 6.45) is 6.08. The molecule has 0 bridgehead atoms. The van der Waals surface area contributed by atoms with Crippen molar-refractivity contribution in [2.24, 2.45) is 0 Å². The molecule has 1 aliphatic heterocycles. The fourth-order valence-electron chi connectivity index (χ4n) is 7.40. The number of fused-ring (bicyclic) bond motifs is 3. The molecule has 0 saturated heterocycles. The summed E-state index contributed by atoms with van der Waals surface area (Å²) in [6, 6.07) is 38.6. The van der Waals surface area contributed by atoms with Crippen LogP contribution in [0.15, 0.2) is 110 Å². The van der Waals surface area contributed by atoms with E-state index >= 15 is 0 Å². The Hall–Kier alpha value is -5.12. The van der Waals surface area contributed by atoms with Gasteiger partial charge in [-0.1, -0.05) is 68.8 Å². The molecule has 0 saturated carbocycles. The van der Waals surface area contributed by atoms with E-state index in [1.807, 2.05) is 30.5 Å². The molecule has 8 rings (SSSR count). The summed E-state index contributed by atoms with van der Waals surface area (Å²) in [5, 5.41) is 2.25. The molecule has 0 radical (unpaired) electrons. The van der Waals surface area contributed by atoms with Gasteiger partial charge in [0.15, 0.2) is 0 Å². The Labute approximate surface area is 327 Å². The van der Waals surface area contributed by atoms with Crippen molar-refractivity contribution in [2.75, 3.05) is 9.80 Å². The summed E-state index contributed by atoms with van der Waals surface area (Å²) in [7, 11) is 0. The molecule has 6 heteroatoms. The van der Waals surface area contributed by atoms with E-state index in [4.69, 9.17) is 9.72 Å². The summed E-state index contributed by atoms with van der Waals surface area (Å²) < 4.78 is 8.76. The molecule has 270 valence electrons. The van der Waals surface area contributed by atoms with Crippen LogP contribution in [0.2, 0.25) is 0 Å². The van der Waals surface area contributed by atoms with Gasteiger partial charge in [-0.15, -0.1) is 48.1 Å². The van der Waals surface area contributed by atoms with Crippen molar-refractivity contribution in [3.63, 3.8) is 0 Å². The Balaban J connectivity index is 0.00000435. The molecule has 0 fully saturated rings. The molecule has 0 unspecified atom stereocenters.